The molecule has 0 saturated heterocycles. The molecule has 0 aliphatic carbocycles. The normalized spacial score (nSPS) is 7.45. The second kappa shape index (κ2) is 16.0. The molecule has 0 aliphatic heterocycles. The van der Waals surface area contributed by atoms with E-state index in [9.17, 15) is 0 Å². The van der Waals surface area contributed by atoms with Gasteiger partial charge in [0.1, 0.15) is 6.61 Å². The molecule has 0 saturated carbocycles. The molecule has 0 radical (unpaired) electrons. The number of hydrogen-bond donors (Lipinski definition) is 0. The molecular formula is C7H15NO3. The zero-order chi connectivity index (χ0) is 8.95. The van der Waals surface area contributed by atoms with E-state index in [1.165, 1.54) is 6.08 Å². The quantitative estimate of drug-likeness (QED) is 0.268. The molecular weight excluding hydrogens is 146 g/mol. The predicted octanol–water partition coefficient (Wildman–Crippen LogP) is 1.91. The summed E-state index contributed by atoms with van der Waals surface area (Å²) in [6.45, 7) is 9.14. The van der Waals surface area contributed by atoms with Crippen LogP contribution < -0.4 is 0 Å². The number of nitrogens with zero attached hydrogens (tertiary/aromatic N) is 1. The summed E-state index contributed by atoms with van der Waals surface area (Å²) in [5, 5.41) is 2.10. The standard InChI is InChI=1S/C4H10O.C3H5NO2/c1-3-5-4-2;1-2-3-6-4-5/h3-4H2,1-2H3;2H,1,3H2. The highest BCUT2D eigenvalue weighted by atomic mass is 16.7. The molecule has 66 valence electrons. The van der Waals surface area contributed by atoms with Crippen molar-refractivity contribution >= 4 is 0 Å². The first-order valence-corrected chi connectivity index (χ1v) is 3.46. The molecule has 0 fully saturated rings. The molecule has 0 amide bonds. The number of ether oxygens (including phenoxy) is 1. The van der Waals surface area contributed by atoms with Gasteiger partial charge in [-0.15, -0.1) is 4.91 Å². The third-order valence-corrected chi connectivity index (χ3v) is 0.653. The van der Waals surface area contributed by atoms with Gasteiger partial charge < -0.3 is 9.57 Å². The van der Waals surface area contributed by atoms with Crippen molar-refractivity contribution in [1.29, 1.82) is 0 Å². The van der Waals surface area contributed by atoms with Gasteiger partial charge in [0.15, 0.2) is 5.34 Å². The van der Waals surface area contributed by atoms with Crippen molar-refractivity contribution in [3.05, 3.63) is 17.6 Å². The Balaban J connectivity index is 0. The predicted molar refractivity (Wildman–Crippen MR) is 44.1 cm³/mol. The first kappa shape index (κ1) is 12.7. The van der Waals surface area contributed by atoms with Crippen LogP contribution in [0.4, 0.5) is 0 Å². The molecule has 4 heteroatoms. The van der Waals surface area contributed by atoms with Gasteiger partial charge in [-0.1, -0.05) is 12.7 Å². The van der Waals surface area contributed by atoms with E-state index in [1.54, 1.807) is 0 Å². The zero-order valence-corrected chi connectivity index (χ0v) is 7.08. The molecule has 0 aromatic carbocycles. The summed E-state index contributed by atoms with van der Waals surface area (Å²) in [4.78, 5) is 13.0. The molecule has 0 N–H and O–H groups in total. The highest BCUT2D eigenvalue weighted by Crippen LogP contribution is 1.70. The summed E-state index contributed by atoms with van der Waals surface area (Å²) in [7, 11) is 0. The highest BCUT2D eigenvalue weighted by Gasteiger charge is 1.67. The second-order valence-corrected chi connectivity index (χ2v) is 1.44. The van der Waals surface area contributed by atoms with Crippen LogP contribution in [-0.2, 0) is 9.57 Å². The van der Waals surface area contributed by atoms with Crippen molar-refractivity contribution in [2.45, 2.75) is 13.8 Å². The smallest absolute Gasteiger partial charge is 0.155 e. The van der Waals surface area contributed by atoms with Crippen LogP contribution >= 0.6 is 0 Å². The molecule has 0 bridgehead atoms. The molecule has 0 unspecified atom stereocenters. The maximum absolute atomic E-state index is 9.04. The van der Waals surface area contributed by atoms with Gasteiger partial charge in [0.05, 0.1) is 0 Å². The Hall–Kier alpha value is -0.900. The van der Waals surface area contributed by atoms with Gasteiger partial charge >= 0.3 is 0 Å². The van der Waals surface area contributed by atoms with E-state index in [-0.39, 0.29) is 6.61 Å². The number of hydrogen-bond acceptors (Lipinski definition) is 4. The molecule has 0 spiro atoms. The lowest BCUT2D eigenvalue weighted by molar-refractivity contribution is 0.162. The minimum atomic E-state index is 0.198. The Morgan fingerprint density at radius 2 is 2.00 bits per heavy atom. The summed E-state index contributed by atoms with van der Waals surface area (Å²) >= 11 is 0. The minimum Gasteiger partial charge on any atom is -0.382 e. The monoisotopic (exact) mass is 161 g/mol. The van der Waals surface area contributed by atoms with E-state index >= 15 is 0 Å². The maximum Gasteiger partial charge on any atom is 0.155 e. The van der Waals surface area contributed by atoms with Crippen molar-refractivity contribution in [3.63, 3.8) is 0 Å². The Morgan fingerprint density at radius 1 is 1.45 bits per heavy atom. The lowest BCUT2D eigenvalue weighted by Crippen LogP contribution is -1.84. The van der Waals surface area contributed by atoms with Crippen molar-refractivity contribution in [1.82, 2.24) is 0 Å². The first-order valence-electron chi connectivity index (χ1n) is 3.46. The van der Waals surface area contributed by atoms with Crippen LogP contribution in [0, 0.1) is 4.91 Å². The maximum atomic E-state index is 9.04. The van der Waals surface area contributed by atoms with Crippen molar-refractivity contribution in [2.24, 2.45) is 5.34 Å². The van der Waals surface area contributed by atoms with Crippen LogP contribution in [-0.4, -0.2) is 19.8 Å². The van der Waals surface area contributed by atoms with Crippen LogP contribution in [0.3, 0.4) is 0 Å². The summed E-state index contributed by atoms with van der Waals surface area (Å²) in [6.07, 6.45) is 1.45. The van der Waals surface area contributed by atoms with Gasteiger partial charge in [0.25, 0.3) is 0 Å². The minimum absolute atomic E-state index is 0.198. The fraction of sp³-hybridized carbons (Fsp3) is 0.714. The van der Waals surface area contributed by atoms with Crippen LogP contribution in [0.5, 0.6) is 0 Å². The lowest BCUT2D eigenvalue weighted by Gasteiger charge is -1.86. The topological polar surface area (TPSA) is 47.9 Å². The molecule has 0 rings (SSSR count). The van der Waals surface area contributed by atoms with Crippen LogP contribution in [0.2, 0.25) is 0 Å². The zero-order valence-electron chi connectivity index (χ0n) is 7.08. The average molecular weight is 161 g/mol. The van der Waals surface area contributed by atoms with Gasteiger partial charge in [-0.3, -0.25) is 0 Å². The van der Waals surface area contributed by atoms with E-state index in [4.69, 9.17) is 9.64 Å². The van der Waals surface area contributed by atoms with E-state index in [0.717, 1.165) is 13.2 Å². The molecule has 0 atom stereocenters. The van der Waals surface area contributed by atoms with Gasteiger partial charge in [0, 0.05) is 13.2 Å². The molecule has 4 nitrogen and oxygen atoms in total. The van der Waals surface area contributed by atoms with Crippen molar-refractivity contribution < 1.29 is 9.57 Å². The summed E-state index contributed by atoms with van der Waals surface area (Å²) in [5.74, 6) is 0. The molecule has 11 heavy (non-hydrogen) atoms. The van der Waals surface area contributed by atoms with E-state index in [2.05, 4.69) is 16.8 Å². The Labute approximate surface area is 67.1 Å². The van der Waals surface area contributed by atoms with Gasteiger partial charge in [-0.25, -0.2) is 0 Å². The largest absolute Gasteiger partial charge is 0.382 e. The molecule has 0 heterocycles. The van der Waals surface area contributed by atoms with Crippen LogP contribution in [0.15, 0.2) is 18.0 Å². The third kappa shape index (κ3) is 27.3. The van der Waals surface area contributed by atoms with Gasteiger partial charge in [-0.2, -0.15) is 0 Å². The molecule has 0 aromatic heterocycles. The molecule has 0 aliphatic rings. The van der Waals surface area contributed by atoms with E-state index in [0.29, 0.717) is 0 Å². The third-order valence-electron chi connectivity index (χ3n) is 0.653. The summed E-state index contributed by atoms with van der Waals surface area (Å²) < 4.78 is 4.83. The van der Waals surface area contributed by atoms with Crippen molar-refractivity contribution in [2.75, 3.05) is 19.8 Å². The highest BCUT2D eigenvalue weighted by molar-refractivity contribution is 4.62. The second-order valence-electron chi connectivity index (χ2n) is 1.44. The van der Waals surface area contributed by atoms with Gasteiger partial charge in [0.2, 0.25) is 0 Å². The fourth-order valence-electron chi connectivity index (χ4n) is 0.287. The van der Waals surface area contributed by atoms with Crippen LogP contribution in [0.25, 0.3) is 0 Å². The Bertz CT molecular complexity index is 75.8. The first-order chi connectivity index (χ1) is 5.33. The Morgan fingerprint density at radius 3 is 2.09 bits per heavy atom. The SMILES string of the molecule is C=CCON=O.CCOCC. The average Bonchev–Trinajstić information content (AvgIpc) is 2.04. The number of rotatable bonds is 5. The van der Waals surface area contributed by atoms with Crippen molar-refractivity contribution in [3.8, 4) is 0 Å². The van der Waals surface area contributed by atoms with Gasteiger partial charge in [-0.05, 0) is 13.8 Å². The Kier molecular flexibility index (Phi) is 18.6. The lowest BCUT2D eigenvalue weighted by atomic mass is 10.7. The molecule has 0 aromatic rings. The fourth-order valence-corrected chi connectivity index (χ4v) is 0.287. The van der Waals surface area contributed by atoms with E-state index < -0.39 is 0 Å². The summed E-state index contributed by atoms with van der Waals surface area (Å²) in [5.41, 5.74) is 0. The van der Waals surface area contributed by atoms with Crippen LogP contribution in [0.1, 0.15) is 13.8 Å². The van der Waals surface area contributed by atoms with E-state index in [1.807, 2.05) is 13.8 Å². The summed E-state index contributed by atoms with van der Waals surface area (Å²) in [6, 6.07) is 0.